The maximum absolute atomic E-state index is 11.6. The molecule has 0 bridgehead atoms. The number of esters is 1. The number of fused-ring (bicyclic) bond motifs is 1. The molecule has 4 aromatic rings. The molecule has 1 saturated carbocycles. The molecule has 2 aromatic carbocycles. The minimum absolute atomic E-state index is 0.161. The van der Waals surface area contributed by atoms with Gasteiger partial charge < -0.3 is 13.7 Å². The average Bonchev–Trinajstić information content (AvgIpc) is 3.35. The summed E-state index contributed by atoms with van der Waals surface area (Å²) in [5, 5.41) is 0. The Labute approximate surface area is 168 Å². The van der Waals surface area contributed by atoms with E-state index in [9.17, 15) is 4.79 Å². The smallest absolute Gasteiger partial charge is 0.360 e. The van der Waals surface area contributed by atoms with Gasteiger partial charge in [0.15, 0.2) is 5.69 Å². The highest BCUT2D eigenvalue weighted by atomic mass is 16.5. The zero-order valence-electron chi connectivity index (χ0n) is 16.2. The molecule has 5 rings (SSSR count). The monoisotopic (exact) mass is 387 g/mol. The lowest BCUT2D eigenvalue weighted by Crippen LogP contribution is -2.18. The fourth-order valence-corrected chi connectivity index (χ4v) is 3.78. The fourth-order valence-electron chi connectivity index (χ4n) is 3.78. The Hall–Kier alpha value is -3.41. The Morgan fingerprint density at radius 2 is 1.86 bits per heavy atom. The Balaban J connectivity index is 1.49. The summed E-state index contributed by atoms with van der Waals surface area (Å²) in [6, 6.07) is 16.2. The van der Waals surface area contributed by atoms with E-state index in [1.54, 1.807) is 0 Å². The summed E-state index contributed by atoms with van der Waals surface area (Å²) in [4.78, 5) is 20.7. The van der Waals surface area contributed by atoms with E-state index in [1.165, 1.54) is 38.2 Å². The lowest BCUT2D eigenvalue weighted by Gasteiger charge is -2.26. The van der Waals surface area contributed by atoms with Gasteiger partial charge in [-0.2, -0.15) is 0 Å². The van der Waals surface area contributed by atoms with Gasteiger partial charge in [-0.15, -0.1) is 0 Å². The predicted octanol–water partition coefficient (Wildman–Crippen LogP) is 4.95. The molecule has 0 amide bonds. The molecule has 2 heterocycles. The molecule has 6 heteroatoms. The van der Waals surface area contributed by atoms with E-state index in [4.69, 9.17) is 9.40 Å². The summed E-state index contributed by atoms with van der Waals surface area (Å²) in [5.41, 5.74) is 4.19. The topological polar surface area (TPSA) is 70.2 Å². The van der Waals surface area contributed by atoms with Crippen molar-refractivity contribution in [2.24, 2.45) is 5.92 Å². The zero-order valence-corrected chi connectivity index (χ0v) is 16.2. The van der Waals surface area contributed by atoms with Gasteiger partial charge in [0, 0.05) is 17.7 Å². The van der Waals surface area contributed by atoms with Gasteiger partial charge in [-0.25, -0.2) is 14.8 Å². The minimum Gasteiger partial charge on any atom is -0.464 e. The van der Waals surface area contributed by atoms with Gasteiger partial charge in [0.2, 0.25) is 5.89 Å². The van der Waals surface area contributed by atoms with E-state index in [0.29, 0.717) is 5.89 Å². The van der Waals surface area contributed by atoms with Gasteiger partial charge in [0.25, 0.3) is 0 Å². The molecular formula is C23H21N3O3. The number of methoxy groups -OCH3 is 1. The van der Waals surface area contributed by atoms with Gasteiger partial charge in [-0.1, -0.05) is 30.7 Å². The van der Waals surface area contributed by atoms with Crippen LogP contribution in [-0.2, 0) is 11.3 Å². The zero-order chi connectivity index (χ0) is 19.8. The van der Waals surface area contributed by atoms with Crippen LogP contribution < -0.4 is 0 Å². The number of ether oxygens (including phenoxy) is 1. The van der Waals surface area contributed by atoms with Gasteiger partial charge in [0.05, 0.1) is 18.1 Å². The molecule has 0 spiro atoms. The molecule has 0 atom stereocenters. The summed E-state index contributed by atoms with van der Waals surface area (Å²) in [7, 11) is 1.32. The van der Waals surface area contributed by atoms with Crippen molar-refractivity contribution in [1.29, 1.82) is 0 Å². The highest BCUT2D eigenvalue weighted by Crippen LogP contribution is 2.33. The fraction of sp³-hybridized carbons (Fsp3) is 0.261. The Kier molecular flexibility index (Phi) is 4.39. The molecule has 29 heavy (non-hydrogen) atoms. The number of nitrogens with zero attached hydrogens (tertiary/aromatic N) is 3. The summed E-state index contributed by atoms with van der Waals surface area (Å²) in [6.45, 7) is 1.000. The Morgan fingerprint density at radius 3 is 2.59 bits per heavy atom. The molecule has 6 nitrogen and oxygen atoms in total. The molecule has 146 valence electrons. The first kappa shape index (κ1) is 17.7. The first-order valence-corrected chi connectivity index (χ1v) is 9.83. The third-order valence-corrected chi connectivity index (χ3v) is 5.61. The normalized spacial score (nSPS) is 14.1. The highest BCUT2D eigenvalue weighted by Gasteiger charge is 2.22. The second-order valence-electron chi connectivity index (χ2n) is 7.44. The number of imidazole rings is 1. The maximum atomic E-state index is 11.6. The molecule has 0 saturated heterocycles. The van der Waals surface area contributed by atoms with Crippen LogP contribution in [0.4, 0.5) is 0 Å². The predicted molar refractivity (Wildman–Crippen MR) is 109 cm³/mol. The van der Waals surface area contributed by atoms with Crippen molar-refractivity contribution in [2.75, 3.05) is 7.11 Å². The van der Waals surface area contributed by atoms with Crippen molar-refractivity contribution in [2.45, 2.75) is 25.8 Å². The largest absolute Gasteiger partial charge is 0.464 e. The van der Waals surface area contributed by atoms with Crippen LogP contribution in [0.3, 0.4) is 0 Å². The molecular weight excluding hydrogens is 366 g/mol. The van der Waals surface area contributed by atoms with Crippen molar-refractivity contribution < 1.29 is 13.9 Å². The SMILES string of the molecule is COC(=O)c1coc(-c2ccc(-c3nc4ccccc4n3CC3CCC3)cc2)n1. The van der Waals surface area contributed by atoms with Crippen LogP contribution in [0, 0.1) is 5.92 Å². The van der Waals surface area contributed by atoms with E-state index in [-0.39, 0.29) is 5.69 Å². The number of benzene rings is 2. The Morgan fingerprint density at radius 1 is 1.10 bits per heavy atom. The van der Waals surface area contributed by atoms with Crippen LogP contribution in [0.15, 0.2) is 59.2 Å². The van der Waals surface area contributed by atoms with Crippen LogP contribution >= 0.6 is 0 Å². The molecule has 0 unspecified atom stereocenters. The van der Waals surface area contributed by atoms with Crippen molar-refractivity contribution in [3.8, 4) is 22.8 Å². The number of hydrogen-bond acceptors (Lipinski definition) is 5. The quantitative estimate of drug-likeness (QED) is 0.453. The number of aromatic nitrogens is 3. The van der Waals surface area contributed by atoms with E-state index < -0.39 is 5.97 Å². The molecule has 2 aromatic heterocycles. The standard InChI is InChI=1S/C23H21N3O3/c1-28-23(27)19-14-29-22(25-19)17-11-9-16(10-12-17)21-24-18-7-2-3-8-20(18)26(21)13-15-5-4-6-15/h2-3,7-12,14-15H,4-6,13H2,1H3. The third-order valence-electron chi connectivity index (χ3n) is 5.61. The van der Waals surface area contributed by atoms with Crippen LogP contribution in [-0.4, -0.2) is 27.6 Å². The lowest BCUT2D eigenvalue weighted by atomic mass is 9.85. The van der Waals surface area contributed by atoms with Crippen LogP contribution in [0.5, 0.6) is 0 Å². The van der Waals surface area contributed by atoms with E-state index in [0.717, 1.165) is 34.9 Å². The molecule has 0 aliphatic heterocycles. The van der Waals surface area contributed by atoms with Crippen LogP contribution in [0.25, 0.3) is 33.9 Å². The van der Waals surface area contributed by atoms with Crippen molar-refractivity contribution in [1.82, 2.24) is 14.5 Å². The number of para-hydroxylation sites is 2. The molecule has 1 fully saturated rings. The van der Waals surface area contributed by atoms with Gasteiger partial charge >= 0.3 is 5.97 Å². The van der Waals surface area contributed by atoms with Crippen LogP contribution in [0.1, 0.15) is 29.8 Å². The van der Waals surface area contributed by atoms with E-state index in [1.807, 2.05) is 30.3 Å². The summed E-state index contributed by atoms with van der Waals surface area (Å²) in [5.74, 6) is 1.59. The second kappa shape index (κ2) is 7.20. The average molecular weight is 387 g/mol. The number of hydrogen-bond donors (Lipinski definition) is 0. The van der Waals surface area contributed by atoms with Crippen molar-refractivity contribution >= 4 is 17.0 Å². The van der Waals surface area contributed by atoms with Gasteiger partial charge in [0.1, 0.15) is 12.1 Å². The summed E-state index contributed by atoms with van der Waals surface area (Å²) in [6.07, 6.45) is 5.22. The number of carbonyl (C=O) groups is 1. The molecule has 1 aliphatic rings. The van der Waals surface area contributed by atoms with Gasteiger partial charge in [-0.05, 0) is 43.0 Å². The Bertz CT molecular complexity index is 1170. The van der Waals surface area contributed by atoms with Crippen LogP contribution in [0.2, 0.25) is 0 Å². The van der Waals surface area contributed by atoms with Crippen molar-refractivity contribution in [3.63, 3.8) is 0 Å². The summed E-state index contributed by atoms with van der Waals surface area (Å²) >= 11 is 0. The lowest BCUT2D eigenvalue weighted by molar-refractivity contribution is 0.0594. The van der Waals surface area contributed by atoms with Gasteiger partial charge in [-0.3, -0.25) is 0 Å². The number of rotatable bonds is 5. The third kappa shape index (κ3) is 3.20. The summed E-state index contributed by atoms with van der Waals surface area (Å²) < 4.78 is 12.5. The van der Waals surface area contributed by atoms with E-state index >= 15 is 0 Å². The molecule has 0 N–H and O–H groups in total. The van der Waals surface area contributed by atoms with Crippen molar-refractivity contribution in [3.05, 3.63) is 60.5 Å². The molecule has 0 radical (unpaired) electrons. The molecule has 1 aliphatic carbocycles. The number of oxazole rings is 1. The minimum atomic E-state index is -0.513. The van der Waals surface area contributed by atoms with E-state index in [2.05, 4.69) is 32.5 Å². The highest BCUT2D eigenvalue weighted by molar-refractivity contribution is 5.87. The second-order valence-corrected chi connectivity index (χ2v) is 7.44. The maximum Gasteiger partial charge on any atom is 0.360 e. The number of carbonyl (C=O) groups excluding carboxylic acids is 1. The first-order chi connectivity index (χ1) is 14.2. The first-order valence-electron chi connectivity index (χ1n) is 9.83.